The number of benzene rings is 1. The third-order valence-electron chi connectivity index (χ3n) is 5.78. The number of ether oxygens (including phenoxy) is 3. The molecule has 0 bridgehead atoms. The van der Waals surface area contributed by atoms with Crippen molar-refractivity contribution in [3.05, 3.63) is 76.4 Å². The number of hydrogen-bond acceptors (Lipinski definition) is 6. The van der Waals surface area contributed by atoms with Gasteiger partial charge in [-0.05, 0) is 38.7 Å². The van der Waals surface area contributed by atoms with Gasteiger partial charge in [0.25, 0.3) is 5.69 Å². The van der Waals surface area contributed by atoms with Gasteiger partial charge in [-0.1, -0.05) is 87.6 Å². The van der Waals surface area contributed by atoms with Gasteiger partial charge in [0.1, 0.15) is 6.10 Å². The fourth-order valence-electron chi connectivity index (χ4n) is 3.70. The molecule has 0 aromatic heterocycles. The molecule has 0 heterocycles. The summed E-state index contributed by atoms with van der Waals surface area (Å²) in [4.78, 5) is 23.2. The zero-order valence-electron chi connectivity index (χ0n) is 22.8. The number of rotatable bonds is 19. The van der Waals surface area contributed by atoms with Crippen LogP contribution in [-0.2, 0) is 9.53 Å². The van der Waals surface area contributed by atoms with Crippen LogP contribution in [0.3, 0.4) is 0 Å². The topological polar surface area (TPSA) is 87.9 Å². The Kier molecular flexibility index (Phi) is 16.9. The first-order valence-electron chi connectivity index (χ1n) is 13.2. The number of nitro groups is 1. The quantitative estimate of drug-likeness (QED) is 0.0607. The van der Waals surface area contributed by atoms with Crippen LogP contribution in [0.1, 0.15) is 89.7 Å². The lowest BCUT2D eigenvalue weighted by molar-refractivity contribution is -0.386. The van der Waals surface area contributed by atoms with E-state index in [1.807, 2.05) is 36.5 Å². The maximum atomic E-state index is 12.2. The van der Waals surface area contributed by atoms with Crippen molar-refractivity contribution >= 4 is 11.7 Å². The number of esters is 1. The number of allylic oxidation sites excluding steroid dienone is 8. The van der Waals surface area contributed by atoms with Gasteiger partial charge < -0.3 is 14.2 Å². The Morgan fingerprint density at radius 3 is 2.00 bits per heavy atom. The monoisotopic (exact) mass is 513 g/mol. The number of methoxy groups -OCH3 is 2. The highest BCUT2D eigenvalue weighted by Gasteiger charge is 2.25. The molecule has 1 atom stereocenters. The van der Waals surface area contributed by atoms with Gasteiger partial charge in [0.15, 0.2) is 11.5 Å². The molecule has 1 rings (SSSR count). The van der Waals surface area contributed by atoms with Crippen LogP contribution in [0, 0.1) is 10.1 Å². The van der Waals surface area contributed by atoms with Gasteiger partial charge in [-0.2, -0.15) is 0 Å². The van der Waals surface area contributed by atoms with Crippen LogP contribution in [0.2, 0.25) is 0 Å². The van der Waals surface area contributed by atoms with E-state index in [0.29, 0.717) is 12.2 Å². The van der Waals surface area contributed by atoms with Crippen molar-refractivity contribution in [2.45, 2.75) is 84.2 Å². The van der Waals surface area contributed by atoms with Gasteiger partial charge in [-0.25, -0.2) is 0 Å². The van der Waals surface area contributed by atoms with Crippen LogP contribution in [0.15, 0.2) is 60.7 Å². The molecular weight excluding hydrogens is 470 g/mol. The zero-order valence-corrected chi connectivity index (χ0v) is 22.8. The van der Waals surface area contributed by atoms with E-state index in [1.54, 1.807) is 6.92 Å². The van der Waals surface area contributed by atoms with Crippen LogP contribution in [0.5, 0.6) is 11.5 Å². The first-order chi connectivity index (χ1) is 17.9. The summed E-state index contributed by atoms with van der Waals surface area (Å²) in [6.07, 6.45) is 26.0. The van der Waals surface area contributed by atoms with Crippen LogP contribution >= 0.6 is 0 Å². The molecular formula is C30H43NO6. The minimum atomic E-state index is -0.794. The average molecular weight is 514 g/mol. The number of unbranched alkanes of at least 4 members (excludes halogenated alkanes) is 7. The van der Waals surface area contributed by atoms with E-state index in [-0.39, 0.29) is 23.4 Å². The average Bonchev–Trinajstić information content (AvgIpc) is 2.89. The number of nitrogens with zero attached hydrogens (tertiary/aromatic N) is 1. The first-order valence-corrected chi connectivity index (χ1v) is 13.2. The largest absolute Gasteiger partial charge is 0.493 e. The second kappa shape index (κ2) is 19.8. The summed E-state index contributed by atoms with van der Waals surface area (Å²) < 4.78 is 15.8. The van der Waals surface area contributed by atoms with Crippen molar-refractivity contribution in [3.63, 3.8) is 0 Å². The highest BCUT2D eigenvalue weighted by Crippen LogP contribution is 2.38. The molecule has 0 N–H and O–H groups in total. The summed E-state index contributed by atoms with van der Waals surface area (Å²) in [5.74, 6) is 0.173. The van der Waals surface area contributed by atoms with E-state index < -0.39 is 17.0 Å². The summed E-state index contributed by atoms with van der Waals surface area (Å²) in [7, 11) is 2.85. The smallest absolute Gasteiger partial charge is 0.306 e. The minimum absolute atomic E-state index is 0.185. The molecule has 1 aromatic rings. The molecule has 0 aliphatic rings. The van der Waals surface area contributed by atoms with Crippen LogP contribution in [0.25, 0.3) is 0 Å². The molecule has 0 spiro atoms. The van der Waals surface area contributed by atoms with Crippen LogP contribution in [-0.4, -0.2) is 25.1 Å². The van der Waals surface area contributed by atoms with E-state index >= 15 is 0 Å². The highest BCUT2D eigenvalue weighted by molar-refractivity contribution is 5.70. The Bertz CT molecular complexity index is 932. The normalized spacial score (nSPS) is 12.6. The van der Waals surface area contributed by atoms with E-state index in [2.05, 4.69) is 19.1 Å². The van der Waals surface area contributed by atoms with Crippen molar-refractivity contribution in [2.24, 2.45) is 0 Å². The fraction of sp³-hybridized carbons (Fsp3) is 0.500. The van der Waals surface area contributed by atoms with Crippen molar-refractivity contribution in [2.75, 3.05) is 14.2 Å². The highest BCUT2D eigenvalue weighted by atomic mass is 16.6. The SMILES string of the molecule is CCCCCCCC/C=C/C=C/C=C/C=C\CCCC(=O)O[C@@H](C)c1cc(OC)c(OC)cc1[N+](=O)[O-]. The van der Waals surface area contributed by atoms with Crippen molar-refractivity contribution in [1.82, 2.24) is 0 Å². The Labute approximate surface area is 222 Å². The van der Waals surface area contributed by atoms with E-state index in [0.717, 1.165) is 12.8 Å². The molecule has 204 valence electrons. The molecule has 7 nitrogen and oxygen atoms in total. The Hall–Kier alpha value is -3.35. The maximum absolute atomic E-state index is 12.2. The summed E-state index contributed by atoms with van der Waals surface area (Å²) in [6, 6.07) is 2.75. The van der Waals surface area contributed by atoms with Crippen molar-refractivity contribution in [1.29, 1.82) is 0 Å². The molecule has 37 heavy (non-hydrogen) atoms. The predicted octanol–water partition coefficient (Wildman–Crippen LogP) is 8.36. The van der Waals surface area contributed by atoms with Crippen molar-refractivity contribution in [3.8, 4) is 11.5 Å². The van der Waals surface area contributed by atoms with Gasteiger partial charge >= 0.3 is 5.97 Å². The van der Waals surface area contributed by atoms with E-state index in [1.165, 1.54) is 64.9 Å². The lowest BCUT2D eigenvalue weighted by atomic mass is 10.1. The van der Waals surface area contributed by atoms with E-state index in [9.17, 15) is 14.9 Å². The summed E-state index contributed by atoms with van der Waals surface area (Å²) >= 11 is 0. The molecule has 0 unspecified atom stereocenters. The van der Waals surface area contributed by atoms with Gasteiger partial charge in [-0.3, -0.25) is 14.9 Å². The predicted molar refractivity (Wildman–Crippen MR) is 149 cm³/mol. The second-order valence-electron chi connectivity index (χ2n) is 8.73. The summed E-state index contributed by atoms with van der Waals surface area (Å²) in [5, 5.41) is 11.5. The van der Waals surface area contributed by atoms with Gasteiger partial charge in [0.2, 0.25) is 0 Å². The van der Waals surface area contributed by atoms with Gasteiger partial charge in [-0.15, -0.1) is 0 Å². The van der Waals surface area contributed by atoms with Gasteiger partial charge in [0, 0.05) is 6.42 Å². The van der Waals surface area contributed by atoms with Gasteiger partial charge in [0.05, 0.1) is 30.8 Å². The lowest BCUT2D eigenvalue weighted by Gasteiger charge is -2.16. The molecule has 0 radical (unpaired) electrons. The zero-order chi connectivity index (χ0) is 27.3. The summed E-state index contributed by atoms with van der Waals surface area (Å²) in [6.45, 7) is 3.84. The molecule has 0 saturated carbocycles. The Balaban J connectivity index is 2.33. The molecule has 0 amide bonds. The third kappa shape index (κ3) is 13.5. The third-order valence-corrected chi connectivity index (χ3v) is 5.78. The van der Waals surface area contributed by atoms with Crippen molar-refractivity contribution < 1.29 is 23.9 Å². The van der Waals surface area contributed by atoms with E-state index in [4.69, 9.17) is 14.2 Å². The molecule has 0 fully saturated rings. The molecule has 0 saturated heterocycles. The lowest BCUT2D eigenvalue weighted by Crippen LogP contribution is -2.11. The Morgan fingerprint density at radius 2 is 1.41 bits per heavy atom. The van der Waals surface area contributed by atoms with Crippen LogP contribution in [0.4, 0.5) is 5.69 Å². The maximum Gasteiger partial charge on any atom is 0.306 e. The molecule has 1 aromatic carbocycles. The molecule has 7 heteroatoms. The standard InChI is InChI=1S/C30H43NO6/c1-5-6-7-8-9-10-11-12-13-14-15-16-17-18-19-20-21-22-30(32)37-25(2)26-23-28(35-3)29(36-4)24-27(26)31(33)34/h12-19,23-25H,5-11,20-22H2,1-4H3/b13-12+,15-14+,17-16+,19-18-/t25-/m0/s1. The first kappa shape index (κ1) is 31.7. The van der Waals surface area contributed by atoms with Crippen LogP contribution < -0.4 is 9.47 Å². The second-order valence-corrected chi connectivity index (χ2v) is 8.73. The Morgan fingerprint density at radius 1 is 0.865 bits per heavy atom. The molecule has 0 aliphatic heterocycles. The molecule has 0 aliphatic carbocycles. The number of hydrogen-bond donors (Lipinski definition) is 0. The number of nitro benzene ring substituents is 1. The minimum Gasteiger partial charge on any atom is -0.493 e. The number of carbonyl (C=O) groups is 1. The fourth-order valence-corrected chi connectivity index (χ4v) is 3.70. The summed E-state index contributed by atoms with van der Waals surface area (Å²) in [5.41, 5.74) is 0.0707. The number of carbonyl (C=O) groups excluding carboxylic acids is 1.